The molecule has 1 atom stereocenters. The minimum Gasteiger partial charge on any atom is -0.494 e. The van der Waals surface area contributed by atoms with Crippen molar-refractivity contribution in [2.75, 3.05) is 26.9 Å². The predicted molar refractivity (Wildman–Crippen MR) is 136 cm³/mol. The van der Waals surface area contributed by atoms with Crippen LogP contribution in [-0.2, 0) is 17.8 Å². The SMILES string of the molecule is CCOc1ccc(CNC(=NC)NCc2ccc(C)cc2OC2CCOC2)cc1C.I. The first-order valence-electron chi connectivity index (χ1n) is 10.6. The van der Waals surface area contributed by atoms with Crippen molar-refractivity contribution in [3.8, 4) is 11.5 Å². The Labute approximate surface area is 202 Å². The molecule has 1 saturated heterocycles. The summed E-state index contributed by atoms with van der Waals surface area (Å²) in [5.74, 6) is 2.59. The lowest BCUT2D eigenvalue weighted by Crippen LogP contribution is -2.36. The molecule has 1 fully saturated rings. The first-order chi connectivity index (χ1) is 14.6. The van der Waals surface area contributed by atoms with E-state index >= 15 is 0 Å². The average Bonchev–Trinajstić information content (AvgIpc) is 3.24. The van der Waals surface area contributed by atoms with Crippen LogP contribution in [0.3, 0.4) is 0 Å². The van der Waals surface area contributed by atoms with E-state index in [2.05, 4.69) is 59.8 Å². The fourth-order valence-electron chi connectivity index (χ4n) is 3.43. The Kier molecular flexibility index (Phi) is 10.4. The lowest BCUT2D eigenvalue weighted by Gasteiger charge is -2.18. The molecular formula is C24H34IN3O3. The van der Waals surface area contributed by atoms with E-state index in [1.54, 1.807) is 7.05 Å². The number of hydrogen-bond donors (Lipinski definition) is 2. The number of aryl methyl sites for hydroxylation is 2. The monoisotopic (exact) mass is 539 g/mol. The number of aliphatic imine (C=N–C) groups is 1. The second-order valence-electron chi connectivity index (χ2n) is 7.53. The van der Waals surface area contributed by atoms with Gasteiger partial charge in [-0.2, -0.15) is 0 Å². The third-order valence-corrected chi connectivity index (χ3v) is 5.07. The van der Waals surface area contributed by atoms with Crippen LogP contribution in [0.2, 0.25) is 0 Å². The number of nitrogens with zero attached hydrogens (tertiary/aromatic N) is 1. The molecular weight excluding hydrogens is 505 g/mol. The first kappa shape index (κ1) is 25.3. The van der Waals surface area contributed by atoms with E-state index in [-0.39, 0.29) is 30.1 Å². The number of nitrogens with one attached hydrogen (secondary N) is 2. The summed E-state index contributed by atoms with van der Waals surface area (Å²) in [5, 5.41) is 6.77. The van der Waals surface area contributed by atoms with Crippen LogP contribution >= 0.6 is 24.0 Å². The summed E-state index contributed by atoms with van der Waals surface area (Å²) < 4.78 is 17.2. The molecule has 1 aliphatic heterocycles. The molecule has 170 valence electrons. The maximum atomic E-state index is 6.19. The van der Waals surface area contributed by atoms with Crippen LogP contribution in [0.1, 0.15) is 35.6 Å². The highest BCUT2D eigenvalue weighted by molar-refractivity contribution is 14.0. The van der Waals surface area contributed by atoms with Gasteiger partial charge < -0.3 is 24.8 Å². The molecule has 0 spiro atoms. The van der Waals surface area contributed by atoms with Gasteiger partial charge in [-0.15, -0.1) is 24.0 Å². The average molecular weight is 539 g/mol. The van der Waals surface area contributed by atoms with Gasteiger partial charge in [-0.1, -0.05) is 24.3 Å². The summed E-state index contributed by atoms with van der Waals surface area (Å²) in [6.07, 6.45) is 1.07. The van der Waals surface area contributed by atoms with Gasteiger partial charge in [-0.05, 0) is 49.6 Å². The Bertz CT molecular complexity index is 867. The molecule has 1 aliphatic rings. The molecule has 2 aromatic carbocycles. The van der Waals surface area contributed by atoms with E-state index < -0.39 is 0 Å². The molecule has 0 radical (unpaired) electrons. The van der Waals surface area contributed by atoms with E-state index in [0.29, 0.717) is 26.3 Å². The zero-order chi connectivity index (χ0) is 21.3. The number of rotatable bonds is 8. The van der Waals surface area contributed by atoms with Crippen molar-refractivity contribution < 1.29 is 14.2 Å². The normalized spacial score (nSPS) is 15.9. The molecule has 6 nitrogen and oxygen atoms in total. The molecule has 1 unspecified atom stereocenters. The van der Waals surface area contributed by atoms with Gasteiger partial charge in [-0.25, -0.2) is 0 Å². The van der Waals surface area contributed by atoms with Crippen LogP contribution in [0.15, 0.2) is 41.4 Å². The summed E-state index contributed by atoms with van der Waals surface area (Å²) in [6.45, 7) is 9.56. The highest BCUT2D eigenvalue weighted by Gasteiger charge is 2.18. The molecule has 0 aliphatic carbocycles. The van der Waals surface area contributed by atoms with Gasteiger partial charge >= 0.3 is 0 Å². The quantitative estimate of drug-likeness (QED) is 0.297. The minimum absolute atomic E-state index is 0. The van der Waals surface area contributed by atoms with Gasteiger partial charge in [0.1, 0.15) is 17.6 Å². The Hall–Kier alpha value is -2.00. The van der Waals surface area contributed by atoms with E-state index in [9.17, 15) is 0 Å². The fraction of sp³-hybridized carbons (Fsp3) is 0.458. The lowest BCUT2D eigenvalue weighted by molar-refractivity contribution is 0.140. The van der Waals surface area contributed by atoms with Gasteiger partial charge in [0.05, 0.1) is 19.8 Å². The van der Waals surface area contributed by atoms with Gasteiger partial charge in [0.25, 0.3) is 0 Å². The first-order valence-corrected chi connectivity index (χ1v) is 10.6. The molecule has 2 N–H and O–H groups in total. The maximum Gasteiger partial charge on any atom is 0.191 e. The van der Waals surface area contributed by atoms with Crippen molar-refractivity contribution in [3.63, 3.8) is 0 Å². The molecule has 7 heteroatoms. The van der Waals surface area contributed by atoms with E-state index in [0.717, 1.165) is 41.6 Å². The summed E-state index contributed by atoms with van der Waals surface area (Å²) in [5.41, 5.74) is 4.60. The number of ether oxygens (including phenoxy) is 3. The van der Waals surface area contributed by atoms with Crippen molar-refractivity contribution in [3.05, 3.63) is 58.7 Å². The van der Waals surface area contributed by atoms with E-state index in [1.165, 1.54) is 11.1 Å². The van der Waals surface area contributed by atoms with Crippen LogP contribution in [0.5, 0.6) is 11.5 Å². The predicted octanol–water partition coefficient (Wildman–Crippen LogP) is 4.35. The summed E-state index contributed by atoms with van der Waals surface area (Å²) in [6, 6.07) is 12.5. The van der Waals surface area contributed by atoms with Crippen molar-refractivity contribution in [1.82, 2.24) is 10.6 Å². The van der Waals surface area contributed by atoms with Crippen molar-refractivity contribution in [1.29, 1.82) is 0 Å². The second kappa shape index (κ2) is 12.8. The molecule has 3 rings (SSSR count). The Morgan fingerprint density at radius 1 is 1.10 bits per heavy atom. The van der Waals surface area contributed by atoms with Gasteiger partial charge in [0, 0.05) is 32.1 Å². The molecule has 1 heterocycles. The van der Waals surface area contributed by atoms with Crippen molar-refractivity contribution in [2.45, 2.75) is 46.4 Å². The lowest BCUT2D eigenvalue weighted by atomic mass is 10.1. The van der Waals surface area contributed by atoms with Crippen LogP contribution < -0.4 is 20.1 Å². The second-order valence-corrected chi connectivity index (χ2v) is 7.53. The highest BCUT2D eigenvalue weighted by Crippen LogP contribution is 2.24. The maximum absolute atomic E-state index is 6.19. The molecule has 31 heavy (non-hydrogen) atoms. The van der Waals surface area contributed by atoms with Gasteiger partial charge in [0.2, 0.25) is 0 Å². The third-order valence-electron chi connectivity index (χ3n) is 5.07. The zero-order valence-electron chi connectivity index (χ0n) is 18.9. The Balaban J connectivity index is 0.00000341. The zero-order valence-corrected chi connectivity index (χ0v) is 21.2. The van der Waals surface area contributed by atoms with Crippen molar-refractivity contribution in [2.24, 2.45) is 4.99 Å². The van der Waals surface area contributed by atoms with E-state index in [4.69, 9.17) is 14.2 Å². The number of benzene rings is 2. The summed E-state index contributed by atoms with van der Waals surface area (Å²) in [7, 11) is 1.78. The standard InChI is InChI=1S/C24H33N3O3.HI/c1-5-29-22-9-7-19(13-18(22)3)14-26-24(25-4)27-15-20-8-6-17(2)12-23(20)30-21-10-11-28-16-21;/h6-9,12-13,21H,5,10-11,14-16H2,1-4H3,(H2,25,26,27);1H. The highest BCUT2D eigenvalue weighted by atomic mass is 127. The number of hydrogen-bond acceptors (Lipinski definition) is 4. The third kappa shape index (κ3) is 7.57. The molecule has 0 saturated carbocycles. The fourth-order valence-corrected chi connectivity index (χ4v) is 3.43. The van der Waals surface area contributed by atoms with Crippen molar-refractivity contribution >= 4 is 29.9 Å². The largest absolute Gasteiger partial charge is 0.494 e. The van der Waals surface area contributed by atoms with E-state index in [1.807, 2.05) is 13.0 Å². The molecule has 2 aromatic rings. The summed E-state index contributed by atoms with van der Waals surface area (Å²) in [4.78, 5) is 4.35. The van der Waals surface area contributed by atoms with Crippen LogP contribution in [0.4, 0.5) is 0 Å². The number of halogens is 1. The Morgan fingerprint density at radius 2 is 1.90 bits per heavy atom. The Morgan fingerprint density at radius 3 is 2.58 bits per heavy atom. The molecule has 0 amide bonds. The molecule has 0 bridgehead atoms. The van der Waals surface area contributed by atoms with Crippen LogP contribution in [0, 0.1) is 13.8 Å². The van der Waals surface area contributed by atoms with Crippen LogP contribution in [-0.4, -0.2) is 38.9 Å². The molecule has 0 aromatic heterocycles. The topological polar surface area (TPSA) is 64.1 Å². The van der Waals surface area contributed by atoms with Crippen LogP contribution in [0.25, 0.3) is 0 Å². The number of guanidine groups is 1. The minimum atomic E-state index is 0. The smallest absolute Gasteiger partial charge is 0.191 e. The summed E-state index contributed by atoms with van der Waals surface area (Å²) >= 11 is 0. The van der Waals surface area contributed by atoms with Gasteiger partial charge in [0.15, 0.2) is 5.96 Å². The van der Waals surface area contributed by atoms with Gasteiger partial charge in [-0.3, -0.25) is 4.99 Å².